The Morgan fingerprint density at radius 3 is 2.42 bits per heavy atom. The topological polar surface area (TPSA) is 39.6 Å². The standard InChI is InChI=1S/C17H18BrF4N3O/c1-10(26)9-24-2-4-25(5-3-24)14-8-15(17(20,21)22)23-16-12(14)6-11(18)7-13(16)19/h6-8,10,26H,2-5,9H2,1H3/t10-/m1/s1. The minimum absolute atomic E-state index is 0.288. The van der Waals surface area contributed by atoms with E-state index >= 15 is 0 Å². The summed E-state index contributed by atoms with van der Waals surface area (Å²) in [4.78, 5) is 7.36. The summed E-state index contributed by atoms with van der Waals surface area (Å²) in [6.07, 6.45) is -5.12. The maximum absolute atomic E-state index is 14.3. The number of alkyl halides is 3. The summed E-state index contributed by atoms with van der Waals surface area (Å²) in [5, 5.41) is 9.82. The highest BCUT2D eigenvalue weighted by Crippen LogP contribution is 2.37. The van der Waals surface area contributed by atoms with Crippen LogP contribution in [0.15, 0.2) is 22.7 Å². The Labute approximate surface area is 156 Å². The van der Waals surface area contributed by atoms with E-state index in [4.69, 9.17) is 0 Å². The fourth-order valence-electron chi connectivity index (χ4n) is 3.19. The van der Waals surface area contributed by atoms with Gasteiger partial charge in [0.15, 0.2) is 5.82 Å². The third kappa shape index (κ3) is 4.10. The molecule has 0 aliphatic carbocycles. The lowest BCUT2D eigenvalue weighted by molar-refractivity contribution is -0.140. The quantitative estimate of drug-likeness (QED) is 0.746. The number of fused-ring (bicyclic) bond motifs is 1. The van der Waals surface area contributed by atoms with E-state index in [1.165, 1.54) is 0 Å². The van der Waals surface area contributed by atoms with Gasteiger partial charge in [-0.15, -0.1) is 0 Å². The van der Waals surface area contributed by atoms with Crippen molar-refractivity contribution >= 4 is 32.5 Å². The molecule has 0 amide bonds. The van der Waals surface area contributed by atoms with Gasteiger partial charge in [0.2, 0.25) is 0 Å². The van der Waals surface area contributed by atoms with Crippen LogP contribution in [-0.4, -0.2) is 53.8 Å². The van der Waals surface area contributed by atoms with Crippen molar-refractivity contribution in [3.05, 3.63) is 34.2 Å². The van der Waals surface area contributed by atoms with Gasteiger partial charge in [0, 0.05) is 48.3 Å². The minimum atomic E-state index is -4.66. The highest BCUT2D eigenvalue weighted by atomic mass is 79.9. The summed E-state index contributed by atoms with van der Waals surface area (Å²) in [5.74, 6) is -0.797. The maximum atomic E-state index is 14.3. The van der Waals surface area contributed by atoms with Crippen LogP contribution in [0, 0.1) is 5.82 Å². The van der Waals surface area contributed by atoms with E-state index in [9.17, 15) is 22.7 Å². The van der Waals surface area contributed by atoms with Crippen molar-refractivity contribution < 1.29 is 22.7 Å². The number of anilines is 1. The number of halogens is 5. The van der Waals surface area contributed by atoms with Crippen molar-refractivity contribution in [3.8, 4) is 0 Å². The van der Waals surface area contributed by atoms with Crippen LogP contribution in [-0.2, 0) is 6.18 Å². The second-order valence-electron chi connectivity index (χ2n) is 6.44. The zero-order chi connectivity index (χ0) is 19.1. The molecule has 0 saturated carbocycles. The molecule has 1 aromatic carbocycles. The second kappa shape index (κ2) is 7.28. The molecule has 0 radical (unpaired) electrons. The number of aliphatic hydroxyl groups is 1. The smallest absolute Gasteiger partial charge is 0.392 e. The highest BCUT2D eigenvalue weighted by Gasteiger charge is 2.34. The molecule has 1 aromatic heterocycles. The molecule has 1 atom stereocenters. The highest BCUT2D eigenvalue weighted by molar-refractivity contribution is 9.10. The molecule has 2 heterocycles. The number of hydrogen-bond acceptors (Lipinski definition) is 4. The molecule has 2 aromatic rings. The Kier molecular flexibility index (Phi) is 5.41. The van der Waals surface area contributed by atoms with Crippen molar-refractivity contribution in [1.82, 2.24) is 9.88 Å². The molecule has 3 rings (SSSR count). The molecular weight excluding hydrogens is 418 g/mol. The molecule has 1 saturated heterocycles. The SMILES string of the molecule is C[C@@H](O)CN1CCN(c2cc(C(F)(F)F)nc3c(F)cc(Br)cc23)CC1. The van der Waals surface area contributed by atoms with Crippen LogP contribution in [0.2, 0.25) is 0 Å². The van der Waals surface area contributed by atoms with Crippen molar-refractivity contribution in [2.45, 2.75) is 19.2 Å². The molecule has 26 heavy (non-hydrogen) atoms. The number of piperazine rings is 1. The Morgan fingerprint density at radius 1 is 1.19 bits per heavy atom. The largest absolute Gasteiger partial charge is 0.433 e. The number of pyridine rings is 1. The molecule has 1 fully saturated rings. The normalized spacial score (nSPS) is 17.7. The van der Waals surface area contributed by atoms with Gasteiger partial charge in [0.25, 0.3) is 0 Å². The summed E-state index contributed by atoms with van der Waals surface area (Å²) < 4.78 is 54.4. The lowest BCUT2D eigenvalue weighted by atomic mass is 10.1. The molecule has 1 aliphatic heterocycles. The van der Waals surface area contributed by atoms with Crippen LogP contribution >= 0.6 is 15.9 Å². The lowest BCUT2D eigenvalue weighted by Gasteiger charge is -2.37. The summed E-state index contributed by atoms with van der Waals surface area (Å²) in [7, 11) is 0. The third-order valence-electron chi connectivity index (χ3n) is 4.34. The summed E-state index contributed by atoms with van der Waals surface area (Å²) >= 11 is 3.19. The van der Waals surface area contributed by atoms with Crippen molar-refractivity contribution in [2.75, 3.05) is 37.6 Å². The van der Waals surface area contributed by atoms with Gasteiger partial charge in [-0.25, -0.2) is 9.37 Å². The molecule has 142 valence electrons. The Hall–Kier alpha value is -1.45. The summed E-state index contributed by atoms with van der Waals surface area (Å²) in [5.41, 5.74) is -1.07. The van der Waals surface area contributed by atoms with E-state index in [0.29, 0.717) is 48.3 Å². The van der Waals surface area contributed by atoms with E-state index in [-0.39, 0.29) is 5.52 Å². The number of benzene rings is 1. The third-order valence-corrected chi connectivity index (χ3v) is 4.79. The maximum Gasteiger partial charge on any atom is 0.433 e. The lowest BCUT2D eigenvalue weighted by Crippen LogP contribution is -2.48. The van der Waals surface area contributed by atoms with E-state index in [1.54, 1.807) is 13.0 Å². The van der Waals surface area contributed by atoms with Gasteiger partial charge in [0.1, 0.15) is 11.2 Å². The predicted octanol–water partition coefficient (Wildman–Crippen LogP) is 3.66. The van der Waals surface area contributed by atoms with Gasteiger partial charge in [0.05, 0.1) is 6.10 Å². The number of aliphatic hydroxyl groups excluding tert-OH is 1. The zero-order valence-corrected chi connectivity index (χ0v) is 15.6. The summed E-state index contributed by atoms with van der Waals surface area (Å²) in [6, 6.07) is 3.68. The minimum Gasteiger partial charge on any atom is -0.392 e. The Balaban J connectivity index is 2.01. The van der Waals surface area contributed by atoms with Gasteiger partial charge in [-0.05, 0) is 25.1 Å². The fourth-order valence-corrected chi connectivity index (χ4v) is 3.62. The van der Waals surface area contributed by atoms with Crippen LogP contribution in [0.3, 0.4) is 0 Å². The molecule has 4 nitrogen and oxygen atoms in total. The van der Waals surface area contributed by atoms with Crippen molar-refractivity contribution in [1.29, 1.82) is 0 Å². The Morgan fingerprint density at radius 2 is 1.85 bits per heavy atom. The van der Waals surface area contributed by atoms with Crippen LogP contribution in [0.5, 0.6) is 0 Å². The van der Waals surface area contributed by atoms with Crippen molar-refractivity contribution in [3.63, 3.8) is 0 Å². The monoisotopic (exact) mass is 435 g/mol. The second-order valence-corrected chi connectivity index (χ2v) is 7.36. The summed E-state index contributed by atoms with van der Waals surface area (Å²) in [6.45, 7) is 4.38. The van der Waals surface area contributed by atoms with Crippen LogP contribution in [0.4, 0.5) is 23.2 Å². The first-order valence-electron chi connectivity index (χ1n) is 8.17. The molecule has 0 spiro atoms. The molecule has 1 aliphatic rings. The first-order chi connectivity index (χ1) is 12.1. The first-order valence-corrected chi connectivity index (χ1v) is 8.97. The average Bonchev–Trinajstić information content (AvgIpc) is 2.53. The van der Waals surface area contributed by atoms with E-state index in [1.807, 2.05) is 9.80 Å². The molecule has 0 unspecified atom stereocenters. The zero-order valence-electron chi connectivity index (χ0n) is 14.0. The van der Waals surface area contributed by atoms with E-state index in [2.05, 4.69) is 20.9 Å². The van der Waals surface area contributed by atoms with Crippen LogP contribution < -0.4 is 4.90 Å². The van der Waals surface area contributed by atoms with Gasteiger partial charge >= 0.3 is 6.18 Å². The number of β-amino-alcohol motifs (C(OH)–C–C–N with tert-alkyl or cyclic N) is 1. The van der Waals surface area contributed by atoms with Gasteiger partial charge in [-0.2, -0.15) is 13.2 Å². The number of nitrogens with zero attached hydrogens (tertiary/aromatic N) is 3. The molecule has 0 bridgehead atoms. The molecular formula is C17H18BrF4N3O. The van der Waals surface area contributed by atoms with Crippen molar-refractivity contribution in [2.24, 2.45) is 0 Å². The van der Waals surface area contributed by atoms with Crippen LogP contribution in [0.25, 0.3) is 10.9 Å². The van der Waals surface area contributed by atoms with Crippen LogP contribution in [0.1, 0.15) is 12.6 Å². The van der Waals surface area contributed by atoms with E-state index in [0.717, 1.165) is 12.1 Å². The number of hydrogen-bond donors (Lipinski definition) is 1. The Bertz CT molecular complexity index is 805. The number of aromatic nitrogens is 1. The van der Waals surface area contributed by atoms with Gasteiger partial charge in [-0.3, -0.25) is 4.90 Å². The molecule has 1 N–H and O–H groups in total. The van der Waals surface area contributed by atoms with Gasteiger partial charge < -0.3 is 10.0 Å². The number of rotatable bonds is 3. The van der Waals surface area contributed by atoms with Gasteiger partial charge in [-0.1, -0.05) is 15.9 Å². The fraction of sp³-hybridized carbons (Fsp3) is 0.471. The predicted molar refractivity (Wildman–Crippen MR) is 94.7 cm³/mol. The van der Waals surface area contributed by atoms with E-state index < -0.39 is 23.8 Å². The molecule has 9 heteroatoms. The first kappa shape index (κ1) is 19.3. The average molecular weight is 436 g/mol.